The molecule has 0 radical (unpaired) electrons. The number of hydrogen-bond donors (Lipinski definition) is 1. The van der Waals surface area contributed by atoms with Crippen molar-refractivity contribution in [2.45, 2.75) is 25.7 Å². The van der Waals surface area contributed by atoms with Gasteiger partial charge in [-0.15, -0.1) is 0 Å². The van der Waals surface area contributed by atoms with Gasteiger partial charge in [-0.2, -0.15) is 0 Å². The summed E-state index contributed by atoms with van der Waals surface area (Å²) in [6.45, 7) is 4.42. The van der Waals surface area contributed by atoms with Crippen molar-refractivity contribution in [3.63, 3.8) is 0 Å². The minimum atomic E-state index is -0.425. The smallest absolute Gasteiger partial charge is 0.407 e. The Morgan fingerprint density at radius 3 is 2.66 bits per heavy atom. The number of piperidine rings is 1. The Kier molecular flexibility index (Phi) is 5.84. The van der Waals surface area contributed by atoms with Gasteiger partial charge in [0.1, 0.15) is 0 Å². The first-order chi connectivity index (χ1) is 14.1. The van der Waals surface area contributed by atoms with Gasteiger partial charge < -0.3 is 15.0 Å². The number of cyclic esters (lactones) is 1. The Morgan fingerprint density at radius 2 is 1.86 bits per heavy atom. The van der Waals surface area contributed by atoms with E-state index in [2.05, 4.69) is 60.8 Å². The molecule has 0 unspecified atom stereocenters. The zero-order valence-electron chi connectivity index (χ0n) is 16.8. The second-order valence-corrected chi connectivity index (χ2v) is 8.15. The average molecular weight is 392 g/mol. The molecule has 0 saturated carbocycles. The van der Waals surface area contributed by atoms with E-state index in [1.807, 2.05) is 11.0 Å². The summed E-state index contributed by atoms with van der Waals surface area (Å²) < 4.78 is 4.99. The van der Waals surface area contributed by atoms with E-state index in [1.165, 1.54) is 16.7 Å². The first-order valence-electron chi connectivity index (χ1n) is 10.5. The first kappa shape index (κ1) is 19.5. The van der Waals surface area contributed by atoms with Crippen LogP contribution in [-0.2, 0) is 9.53 Å². The number of carbonyl (C=O) groups excluding carboxylic acids is 2. The molecule has 0 spiro atoms. The van der Waals surface area contributed by atoms with Gasteiger partial charge in [0.15, 0.2) is 0 Å². The van der Waals surface area contributed by atoms with Crippen LogP contribution in [0.25, 0.3) is 11.1 Å². The molecule has 4 rings (SSSR count). The SMILES string of the molecule is C[C@H]1CN(C(=O)[C@@H]2CCOC(=O)NC2)CC[C@H]1c1cccc(-c2ccccc2)c1. The molecule has 152 valence electrons. The largest absolute Gasteiger partial charge is 0.450 e. The summed E-state index contributed by atoms with van der Waals surface area (Å²) in [5.74, 6) is 0.779. The van der Waals surface area contributed by atoms with Crippen LogP contribution in [0.3, 0.4) is 0 Å². The number of carbonyl (C=O) groups is 2. The van der Waals surface area contributed by atoms with Crippen LogP contribution in [0, 0.1) is 11.8 Å². The molecule has 2 fully saturated rings. The average Bonchev–Trinajstić information content (AvgIpc) is 2.98. The third kappa shape index (κ3) is 4.44. The number of rotatable bonds is 3. The van der Waals surface area contributed by atoms with E-state index >= 15 is 0 Å². The van der Waals surface area contributed by atoms with Crippen molar-refractivity contribution in [3.8, 4) is 11.1 Å². The molecule has 5 heteroatoms. The van der Waals surface area contributed by atoms with Gasteiger partial charge in [-0.05, 0) is 41.4 Å². The zero-order valence-corrected chi connectivity index (χ0v) is 16.8. The van der Waals surface area contributed by atoms with Crippen molar-refractivity contribution in [2.24, 2.45) is 11.8 Å². The van der Waals surface area contributed by atoms with Crippen LogP contribution >= 0.6 is 0 Å². The lowest BCUT2D eigenvalue weighted by atomic mass is 9.80. The van der Waals surface area contributed by atoms with Gasteiger partial charge in [-0.25, -0.2) is 4.79 Å². The number of nitrogens with zero attached hydrogens (tertiary/aromatic N) is 1. The number of likely N-dealkylation sites (tertiary alicyclic amines) is 1. The number of amides is 2. The lowest BCUT2D eigenvalue weighted by molar-refractivity contribution is -0.137. The van der Waals surface area contributed by atoms with Gasteiger partial charge in [-0.1, -0.05) is 61.5 Å². The minimum absolute atomic E-state index is 0.138. The predicted molar refractivity (Wildman–Crippen MR) is 112 cm³/mol. The molecule has 5 nitrogen and oxygen atoms in total. The van der Waals surface area contributed by atoms with Crippen molar-refractivity contribution in [3.05, 3.63) is 60.2 Å². The van der Waals surface area contributed by atoms with Crippen LogP contribution in [0.5, 0.6) is 0 Å². The maximum absolute atomic E-state index is 13.0. The summed E-state index contributed by atoms with van der Waals surface area (Å²) in [7, 11) is 0. The maximum atomic E-state index is 13.0. The molecule has 29 heavy (non-hydrogen) atoms. The second-order valence-electron chi connectivity index (χ2n) is 8.15. The predicted octanol–water partition coefficient (Wildman–Crippen LogP) is 4.05. The highest BCUT2D eigenvalue weighted by atomic mass is 16.5. The fourth-order valence-corrected chi connectivity index (χ4v) is 4.54. The molecule has 0 bridgehead atoms. The molecule has 3 atom stereocenters. The molecule has 1 N–H and O–H groups in total. The van der Waals surface area contributed by atoms with E-state index in [0.29, 0.717) is 31.4 Å². The summed E-state index contributed by atoms with van der Waals surface area (Å²) in [5.41, 5.74) is 3.82. The molecule has 2 aromatic carbocycles. The Bertz CT molecular complexity index is 867. The summed E-state index contributed by atoms with van der Waals surface area (Å²) in [6.07, 6.45) is 1.12. The number of ether oxygens (including phenoxy) is 1. The summed E-state index contributed by atoms with van der Waals surface area (Å²) in [4.78, 5) is 26.3. The number of benzene rings is 2. The van der Waals surface area contributed by atoms with Gasteiger partial charge in [0.2, 0.25) is 5.91 Å². The third-order valence-corrected chi connectivity index (χ3v) is 6.18. The Morgan fingerprint density at radius 1 is 1.07 bits per heavy atom. The van der Waals surface area contributed by atoms with Crippen molar-refractivity contribution >= 4 is 12.0 Å². The Labute approximate surface area is 172 Å². The lowest BCUT2D eigenvalue weighted by Gasteiger charge is -2.38. The lowest BCUT2D eigenvalue weighted by Crippen LogP contribution is -2.46. The van der Waals surface area contributed by atoms with Gasteiger partial charge in [0, 0.05) is 19.6 Å². The van der Waals surface area contributed by atoms with E-state index in [-0.39, 0.29) is 11.8 Å². The van der Waals surface area contributed by atoms with E-state index in [0.717, 1.165) is 19.5 Å². The van der Waals surface area contributed by atoms with E-state index in [9.17, 15) is 9.59 Å². The fourth-order valence-electron chi connectivity index (χ4n) is 4.54. The molecule has 2 aliphatic rings. The van der Waals surface area contributed by atoms with Gasteiger partial charge in [-0.3, -0.25) is 4.79 Å². The van der Waals surface area contributed by atoms with Crippen molar-refractivity contribution in [2.75, 3.05) is 26.2 Å². The van der Waals surface area contributed by atoms with Crippen LogP contribution in [-0.4, -0.2) is 43.1 Å². The molecule has 0 aliphatic carbocycles. The van der Waals surface area contributed by atoms with Crippen molar-refractivity contribution in [1.82, 2.24) is 10.2 Å². The van der Waals surface area contributed by atoms with Crippen LogP contribution in [0.15, 0.2) is 54.6 Å². The second kappa shape index (κ2) is 8.68. The molecule has 0 aromatic heterocycles. The molecular formula is C24H28N2O3. The topological polar surface area (TPSA) is 58.6 Å². The monoisotopic (exact) mass is 392 g/mol. The van der Waals surface area contributed by atoms with Crippen LogP contribution in [0.1, 0.15) is 31.2 Å². The number of hydrogen-bond acceptors (Lipinski definition) is 3. The highest BCUT2D eigenvalue weighted by Crippen LogP contribution is 2.35. The molecule has 2 amide bonds. The molecule has 2 heterocycles. The highest BCUT2D eigenvalue weighted by molar-refractivity contribution is 5.80. The molecule has 2 saturated heterocycles. The van der Waals surface area contributed by atoms with Crippen LogP contribution in [0.4, 0.5) is 4.79 Å². The summed E-state index contributed by atoms with van der Waals surface area (Å²) >= 11 is 0. The summed E-state index contributed by atoms with van der Waals surface area (Å²) in [5, 5.41) is 2.67. The third-order valence-electron chi connectivity index (χ3n) is 6.18. The van der Waals surface area contributed by atoms with Crippen LogP contribution in [0.2, 0.25) is 0 Å². The van der Waals surface area contributed by atoms with Crippen molar-refractivity contribution < 1.29 is 14.3 Å². The highest BCUT2D eigenvalue weighted by Gasteiger charge is 2.33. The van der Waals surface area contributed by atoms with E-state index in [1.54, 1.807) is 0 Å². The van der Waals surface area contributed by atoms with Crippen LogP contribution < -0.4 is 5.32 Å². The van der Waals surface area contributed by atoms with E-state index < -0.39 is 6.09 Å². The maximum Gasteiger partial charge on any atom is 0.407 e. The fraction of sp³-hybridized carbons (Fsp3) is 0.417. The van der Waals surface area contributed by atoms with Gasteiger partial charge in [0.25, 0.3) is 0 Å². The number of nitrogens with one attached hydrogen (secondary N) is 1. The Hall–Kier alpha value is -2.82. The zero-order chi connectivity index (χ0) is 20.2. The quantitative estimate of drug-likeness (QED) is 0.857. The first-order valence-corrected chi connectivity index (χ1v) is 10.5. The Balaban J connectivity index is 1.43. The molecule has 2 aliphatic heterocycles. The van der Waals surface area contributed by atoms with Gasteiger partial charge in [0.05, 0.1) is 12.5 Å². The van der Waals surface area contributed by atoms with Gasteiger partial charge >= 0.3 is 6.09 Å². The standard InChI is InChI=1S/C24H28N2O3/c1-17-16-26(23(27)21-11-13-29-24(28)25-15-21)12-10-22(17)20-9-5-8-19(14-20)18-6-3-2-4-7-18/h2-9,14,17,21-22H,10-13,15-16H2,1H3,(H,25,28)/t17-,21+,22+/m0/s1. The normalized spacial score (nSPS) is 24.9. The minimum Gasteiger partial charge on any atom is -0.450 e. The van der Waals surface area contributed by atoms with E-state index in [4.69, 9.17) is 4.74 Å². The van der Waals surface area contributed by atoms with Crippen molar-refractivity contribution in [1.29, 1.82) is 0 Å². The molecule has 2 aromatic rings. The molecular weight excluding hydrogens is 364 g/mol. The summed E-state index contributed by atoms with van der Waals surface area (Å²) in [6, 6.07) is 19.2. The number of alkyl carbamates (subject to hydrolysis) is 1.